The number of rotatable bonds is 2. The molecule has 0 unspecified atom stereocenters. The molecule has 0 saturated carbocycles. The van der Waals surface area contributed by atoms with E-state index in [2.05, 4.69) is 11.1 Å². The zero-order chi connectivity index (χ0) is 14.9. The number of carbonyl (C=O) groups is 1. The molecule has 0 saturated heterocycles. The van der Waals surface area contributed by atoms with Crippen LogP contribution in [0.25, 0.3) is 11.1 Å². The van der Waals surface area contributed by atoms with Gasteiger partial charge in [0.2, 0.25) is 0 Å². The van der Waals surface area contributed by atoms with Gasteiger partial charge < -0.3 is 5.73 Å². The lowest BCUT2D eigenvalue weighted by atomic mass is 9.98. The average Bonchev–Trinajstić information content (AvgIpc) is 2.37. The van der Waals surface area contributed by atoms with Gasteiger partial charge in [-0.3, -0.25) is 4.79 Å². The van der Waals surface area contributed by atoms with Crippen LogP contribution < -0.4 is 5.73 Å². The summed E-state index contributed by atoms with van der Waals surface area (Å²) in [6.07, 6.45) is 0. The van der Waals surface area contributed by atoms with Gasteiger partial charge in [0, 0.05) is 21.2 Å². The summed E-state index contributed by atoms with van der Waals surface area (Å²) in [6.45, 7) is 1.64. The molecule has 0 fully saturated rings. The van der Waals surface area contributed by atoms with Gasteiger partial charge in [-0.2, -0.15) is 5.26 Å². The summed E-state index contributed by atoms with van der Waals surface area (Å²) in [5.74, 6) is -0.663. The Morgan fingerprint density at radius 2 is 2.00 bits per heavy atom. The molecule has 0 atom stereocenters. The molecule has 1 aromatic carbocycles. The molecule has 0 bridgehead atoms. The fourth-order valence-corrected chi connectivity index (χ4v) is 2.37. The van der Waals surface area contributed by atoms with E-state index in [0.717, 1.165) is 0 Å². The molecule has 2 rings (SSSR count). The van der Waals surface area contributed by atoms with Gasteiger partial charge in [-0.15, -0.1) is 0 Å². The molecule has 1 heterocycles. The molecule has 0 spiro atoms. The first kappa shape index (κ1) is 14.3. The highest BCUT2D eigenvalue weighted by Gasteiger charge is 2.16. The van der Waals surface area contributed by atoms with Crippen molar-refractivity contribution < 1.29 is 4.79 Å². The van der Waals surface area contributed by atoms with E-state index in [-0.39, 0.29) is 5.69 Å². The number of amides is 1. The largest absolute Gasteiger partial charge is 0.364 e. The number of benzene rings is 1. The van der Waals surface area contributed by atoms with Gasteiger partial charge in [0.1, 0.15) is 11.8 Å². The molecule has 0 aliphatic rings. The predicted octanol–water partition coefficient (Wildman–Crippen LogP) is 3.33. The minimum atomic E-state index is -0.663. The van der Waals surface area contributed by atoms with Crippen molar-refractivity contribution in [3.8, 4) is 17.2 Å². The lowest BCUT2D eigenvalue weighted by Gasteiger charge is -2.10. The topological polar surface area (TPSA) is 79.8 Å². The summed E-state index contributed by atoms with van der Waals surface area (Å²) in [6, 6.07) is 8.44. The van der Waals surface area contributed by atoms with E-state index in [1.807, 2.05) is 0 Å². The molecule has 0 radical (unpaired) electrons. The summed E-state index contributed by atoms with van der Waals surface area (Å²) in [5.41, 5.74) is 7.21. The molecule has 2 N–H and O–H groups in total. The van der Waals surface area contributed by atoms with E-state index >= 15 is 0 Å². The Morgan fingerprint density at radius 3 is 2.55 bits per heavy atom. The van der Waals surface area contributed by atoms with E-state index in [4.69, 9.17) is 28.9 Å². The molecule has 100 valence electrons. The van der Waals surface area contributed by atoms with E-state index in [0.29, 0.717) is 32.4 Å². The van der Waals surface area contributed by atoms with Gasteiger partial charge >= 0.3 is 0 Å². The van der Waals surface area contributed by atoms with Crippen LogP contribution in [0.2, 0.25) is 10.0 Å². The number of hydrogen-bond donors (Lipinski definition) is 1. The Bertz CT molecular complexity index is 751. The number of nitriles is 1. The minimum Gasteiger partial charge on any atom is -0.364 e. The third kappa shape index (κ3) is 2.60. The highest BCUT2D eigenvalue weighted by Crippen LogP contribution is 2.33. The number of primary amides is 1. The fourth-order valence-electron chi connectivity index (χ4n) is 1.86. The number of aromatic nitrogens is 1. The molecule has 4 nitrogen and oxygen atoms in total. The van der Waals surface area contributed by atoms with Crippen molar-refractivity contribution >= 4 is 29.1 Å². The number of aryl methyl sites for hydroxylation is 1. The highest BCUT2D eigenvalue weighted by molar-refractivity contribution is 6.36. The van der Waals surface area contributed by atoms with Crippen molar-refractivity contribution in [2.24, 2.45) is 5.73 Å². The molecule has 0 aliphatic carbocycles. The highest BCUT2D eigenvalue weighted by atomic mass is 35.5. The average molecular weight is 306 g/mol. The van der Waals surface area contributed by atoms with Crippen molar-refractivity contribution in [1.82, 2.24) is 4.98 Å². The first-order valence-electron chi connectivity index (χ1n) is 5.61. The third-order valence-electron chi connectivity index (χ3n) is 2.79. The van der Waals surface area contributed by atoms with Crippen molar-refractivity contribution in [3.63, 3.8) is 0 Å². The second-order valence-electron chi connectivity index (χ2n) is 4.12. The Balaban J connectivity index is 2.78. The molecular weight excluding hydrogens is 297 g/mol. The van der Waals surface area contributed by atoms with Crippen LogP contribution in [-0.2, 0) is 0 Å². The lowest BCUT2D eigenvalue weighted by Crippen LogP contribution is -2.14. The minimum absolute atomic E-state index is 0.0857. The quantitative estimate of drug-likeness (QED) is 0.924. The second kappa shape index (κ2) is 5.49. The molecule has 6 heteroatoms. The van der Waals surface area contributed by atoms with Crippen LogP contribution >= 0.6 is 23.2 Å². The van der Waals surface area contributed by atoms with Crippen LogP contribution in [0.15, 0.2) is 24.3 Å². The van der Waals surface area contributed by atoms with Crippen LogP contribution in [0.1, 0.15) is 21.7 Å². The van der Waals surface area contributed by atoms with Gasteiger partial charge in [-0.05, 0) is 25.1 Å². The van der Waals surface area contributed by atoms with Crippen molar-refractivity contribution in [2.45, 2.75) is 6.92 Å². The second-order valence-corrected chi connectivity index (χ2v) is 4.96. The fraction of sp³-hybridized carbons (Fsp3) is 0.0714. The first-order chi connectivity index (χ1) is 9.43. The maximum absolute atomic E-state index is 11.3. The molecular formula is C14H9Cl2N3O. The Hall–Kier alpha value is -2.09. The van der Waals surface area contributed by atoms with Gasteiger partial charge in [-0.1, -0.05) is 29.3 Å². The van der Waals surface area contributed by atoms with Gasteiger partial charge in [-0.25, -0.2) is 4.98 Å². The molecule has 20 heavy (non-hydrogen) atoms. The third-order valence-corrected chi connectivity index (χ3v) is 3.33. The normalized spacial score (nSPS) is 10.1. The van der Waals surface area contributed by atoms with E-state index < -0.39 is 5.91 Å². The Morgan fingerprint density at radius 1 is 1.30 bits per heavy atom. The van der Waals surface area contributed by atoms with Gasteiger partial charge in [0.25, 0.3) is 5.91 Å². The Labute approximate surface area is 125 Å². The number of pyridine rings is 1. The van der Waals surface area contributed by atoms with E-state index in [1.165, 1.54) is 6.07 Å². The zero-order valence-corrected chi connectivity index (χ0v) is 12.0. The summed E-state index contributed by atoms with van der Waals surface area (Å²) in [4.78, 5) is 15.3. The van der Waals surface area contributed by atoms with Crippen molar-refractivity contribution in [3.05, 3.63) is 51.3 Å². The monoisotopic (exact) mass is 305 g/mol. The molecule has 0 aliphatic heterocycles. The lowest BCUT2D eigenvalue weighted by molar-refractivity contribution is 0.0995. The maximum Gasteiger partial charge on any atom is 0.267 e. The maximum atomic E-state index is 11.3. The van der Waals surface area contributed by atoms with E-state index in [1.54, 1.807) is 25.1 Å². The summed E-state index contributed by atoms with van der Waals surface area (Å²) < 4.78 is 0. The van der Waals surface area contributed by atoms with Crippen LogP contribution in [0.5, 0.6) is 0 Å². The summed E-state index contributed by atoms with van der Waals surface area (Å²) in [5, 5.41) is 10.1. The standard InChI is InChI=1S/C14H9Cl2N3O/c1-7-11(6-17)10(5-13(19-7)14(18)20)9-3-2-8(15)4-12(9)16/h2-5H,1H3,(H2,18,20). The number of halogens is 2. The number of nitrogens with two attached hydrogens (primary N) is 1. The Kier molecular flexibility index (Phi) is 3.93. The molecule has 2 aromatic rings. The van der Waals surface area contributed by atoms with Gasteiger partial charge in [0.15, 0.2) is 0 Å². The first-order valence-corrected chi connectivity index (χ1v) is 6.36. The van der Waals surface area contributed by atoms with Crippen molar-refractivity contribution in [1.29, 1.82) is 5.26 Å². The predicted molar refractivity (Wildman–Crippen MR) is 77.7 cm³/mol. The zero-order valence-electron chi connectivity index (χ0n) is 10.4. The SMILES string of the molecule is Cc1nc(C(N)=O)cc(-c2ccc(Cl)cc2Cl)c1C#N. The van der Waals surface area contributed by atoms with E-state index in [9.17, 15) is 10.1 Å². The molecule has 1 aromatic heterocycles. The smallest absolute Gasteiger partial charge is 0.267 e. The van der Waals surface area contributed by atoms with Gasteiger partial charge in [0.05, 0.1) is 11.3 Å². The summed E-state index contributed by atoms with van der Waals surface area (Å²) >= 11 is 12.0. The van der Waals surface area contributed by atoms with Crippen LogP contribution in [-0.4, -0.2) is 10.9 Å². The van der Waals surface area contributed by atoms with Crippen molar-refractivity contribution in [2.75, 3.05) is 0 Å². The number of nitrogens with zero attached hydrogens (tertiary/aromatic N) is 2. The number of carbonyl (C=O) groups excluding carboxylic acids is 1. The number of hydrogen-bond acceptors (Lipinski definition) is 3. The van der Waals surface area contributed by atoms with Crippen LogP contribution in [0.3, 0.4) is 0 Å². The van der Waals surface area contributed by atoms with Crippen LogP contribution in [0, 0.1) is 18.3 Å². The van der Waals surface area contributed by atoms with Crippen LogP contribution in [0.4, 0.5) is 0 Å². The molecule has 1 amide bonds. The summed E-state index contributed by atoms with van der Waals surface area (Å²) in [7, 11) is 0.